The van der Waals surface area contributed by atoms with Gasteiger partial charge in [-0.05, 0) is 37.2 Å². The van der Waals surface area contributed by atoms with Crippen LogP contribution in [-0.4, -0.2) is 54.5 Å². The van der Waals surface area contributed by atoms with Crippen LogP contribution in [0.15, 0.2) is 12.1 Å². The van der Waals surface area contributed by atoms with Gasteiger partial charge in [0, 0.05) is 48.5 Å². The van der Waals surface area contributed by atoms with Gasteiger partial charge in [0.05, 0.1) is 6.61 Å². The largest absolute Gasteiger partial charge is 0.493 e. The summed E-state index contributed by atoms with van der Waals surface area (Å²) < 4.78 is 5.82. The van der Waals surface area contributed by atoms with Gasteiger partial charge in [0.2, 0.25) is 0 Å². The van der Waals surface area contributed by atoms with Crippen molar-refractivity contribution in [2.75, 3.05) is 44.7 Å². The molecule has 0 saturated carbocycles. The van der Waals surface area contributed by atoms with Gasteiger partial charge < -0.3 is 9.64 Å². The molecule has 0 aromatic heterocycles. The first kappa shape index (κ1) is 15.6. The Kier molecular flexibility index (Phi) is 5.43. The summed E-state index contributed by atoms with van der Waals surface area (Å²) in [7, 11) is 0. The summed E-state index contributed by atoms with van der Waals surface area (Å²) in [6.07, 6.45) is 2.22. The summed E-state index contributed by atoms with van der Waals surface area (Å²) in [4.78, 5) is 5.06. The SMILES string of the molecule is Clc1cc2c(c(CN3CCCN(CCBr)CC3)c1)OCC2. The second-order valence-corrected chi connectivity index (χ2v) is 7.04. The fourth-order valence-electron chi connectivity index (χ4n) is 3.23. The molecule has 1 aromatic rings. The smallest absolute Gasteiger partial charge is 0.127 e. The molecular weight excluding hydrogens is 352 g/mol. The minimum Gasteiger partial charge on any atom is -0.493 e. The van der Waals surface area contributed by atoms with E-state index >= 15 is 0 Å². The molecule has 0 bridgehead atoms. The van der Waals surface area contributed by atoms with Crippen LogP contribution in [0.2, 0.25) is 5.02 Å². The maximum atomic E-state index is 6.26. The summed E-state index contributed by atoms with van der Waals surface area (Å²) in [5.41, 5.74) is 2.53. The van der Waals surface area contributed by atoms with E-state index in [0.717, 1.165) is 61.9 Å². The molecule has 0 radical (unpaired) electrons. The number of ether oxygens (including phenoxy) is 1. The summed E-state index contributed by atoms with van der Waals surface area (Å²) in [6, 6.07) is 4.13. The third-order valence-electron chi connectivity index (χ3n) is 4.30. The van der Waals surface area contributed by atoms with Crippen molar-refractivity contribution in [1.29, 1.82) is 0 Å². The van der Waals surface area contributed by atoms with Gasteiger partial charge in [0.25, 0.3) is 0 Å². The molecule has 1 fully saturated rings. The number of halogens is 2. The van der Waals surface area contributed by atoms with Crippen LogP contribution in [0.25, 0.3) is 0 Å². The van der Waals surface area contributed by atoms with E-state index in [2.05, 4.69) is 31.8 Å². The van der Waals surface area contributed by atoms with Gasteiger partial charge >= 0.3 is 0 Å². The zero-order chi connectivity index (χ0) is 14.7. The minimum atomic E-state index is 0.793. The highest BCUT2D eigenvalue weighted by molar-refractivity contribution is 9.09. The summed E-state index contributed by atoms with van der Waals surface area (Å²) in [5, 5.41) is 1.90. The molecule has 1 aromatic carbocycles. The van der Waals surface area contributed by atoms with E-state index in [1.165, 1.54) is 24.1 Å². The van der Waals surface area contributed by atoms with Crippen LogP contribution in [0.5, 0.6) is 5.75 Å². The van der Waals surface area contributed by atoms with Crippen LogP contribution < -0.4 is 4.74 Å². The molecule has 2 aliphatic heterocycles. The topological polar surface area (TPSA) is 15.7 Å². The monoisotopic (exact) mass is 372 g/mol. The predicted molar refractivity (Wildman–Crippen MR) is 90.8 cm³/mol. The van der Waals surface area contributed by atoms with Gasteiger partial charge in [-0.3, -0.25) is 4.90 Å². The lowest BCUT2D eigenvalue weighted by Gasteiger charge is -2.22. The van der Waals surface area contributed by atoms with Crippen molar-refractivity contribution in [2.45, 2.75) is 19.4 Å². The molecule has 3 rings (SSSR count). The highest BCUT2D eigenvalue weighted by Gasteiger charge is 2.20. The molecule has 2 heterocycles. The van der Waals surface area contributed by atoms with Crippen molar-refractivity contribution in [3.05, 3.63) is 28.3 Å². The Morgan fingerprint density at radius 3 is 2.81 bits per heavy atom. The lowest BCUT2D eigenvalue weighted by molar-refractivity contribution is 0.254. The van der Waals surface area contributed by atoms with Crippen molar-refractivity contribution in [3.63, 3.8) is 0 Å². The highest BCUT2D eigenvalue weighted by atomic mass is 79.9. The highest BCUT2D eigenvalue weighted by Crippen LogP contribution is 2.33. The fraction of sp³-hybridized carbons (Fsp3) is 0.625. The average Bonchev–Trinajstić information content (AvgIpc) is 2.81. The Morgan fingerprint density at radius 2 is 1.95 bits per heavy atom. The Labute approximate surface area is 140 Å². The molecule has 5 heteroatoms. The third kappa shape index (κ3) is 3.92. The first-order valence-electron chi connectivity index (χ1n) is 7.71. The van der Waals surface area contributed by atoms with E-state index in [1.54, 1.807) is 0 Å². The normalized spacial score (nSPS) is 20.1. The minimum absolute atomic E-state index is 0.793. The van der Waals surface area contributed by atoms with Gasteiger partial charge in [-0.1, -0.05) is 27.5 Å². The first-order valence-corrected chi connectivity index (χ1v) is 9.21. The zero-order valence-electron chi connectivity index (χ0n) is 12.3. The van der Waals surface area contributed by atoms with Crippen molar-refractivity contribution in [3.8, 4) is 5.75 Å². The Bertz CT molecular complexity index is 497. The quantitative estimate of drug-likeness (QED) is 0.754. The average molecular weight is 374 g/mol. The zero-order valence-corrected chi connectivity index (χ0v) is 14.6. The molecule has 0 atom stereocenters. The predicted octanol–water partition coefficient (Wildman–Crippen LogP) is 3.18. The van der Waals surface area contributed by atoms with Gasteiger partial charge in [0.1, 0.15) is 5.75 Å². The van der Waals surface area contributed by atoms with Crippen LogP contribution in [0.1, 0.15) is 17.5 Å². The molecule has 3 nitrogen and oxygen atoms in total. The molecule has 2 aliphatic rings. The standard InChI is InChI=1S/C16H22BrClN2O/c17-3-6-19-4-1-5-20(8-7-19)12-14-11-15(18)10-13-2-9-21-16(13)14/h10-11H,1-9,12H2. The van der Waals surface area contributed by atoms with Gasteiger partial charge in [-0.15, -0.1) is 0 Å². The number of hydrogen-bond donors (Lipinski definition) is 0. The fourth-order valence-corrected chi connectivity index (χ4v) is 3.99. The van der Waals surface area contributed by atoms with Crippen LogP contribution in [-0.2, 0) is 13.0 Å². The molecular formula is C16H22BrClN2O. The summed E-state index contributed by atoms with van der Waals surface area (Å²) in [5.74, 6) is 1.08. The van der Waals surface area contributed by atoms with E-state index in [9.17, 15) is 0 Å². The lowest BCUT2D eigenvalue weighted by Crippen LogP contribution is -2.31. The number of rotatable bonds is 4. The van der Waals surface area contributed by atoms with Crippen LogP contribution in [0.4, 0.5) is 0 Å². The van der Waals surface area contributed by atoms with Crippen molar-refractivity contribution < 1.29 is 4.74 Å². The van der Waals surface area contributed by atoms with Crippen LogP contribution >= 0.6 is 27.5 Å². The second kappa shape index (κ2) is 7.32. The van der Waals surface area contributed by atoms with E-state index in [4.69, 9.17) is 16.3 Å². The van der Waals surface area contributed by atoms with E-state index in [-0.39, 0.29) is 0 Å². The molecule has 0 N–H and O–H groups in total. The molecule has 0 aliphatic carbocycles. The van der Waals surface area contributed by atoms with Crippen molar-refractivity contribution in [2.24, 2.45) is 0 Å². The maximum Gasteiger partial charge on any atom is 0.127 e. The number of fused-ring (bicyclic) bond motifs is 1. The second-order valence-electron chi connectivity index (χ2n) is 5.81. The number of nitrogens with zero attached hydrogens (tertiary/aromatic N) is 2. The molecule has 0 spiro atoms. The van der Waals surface area contributed by atoms with Gasteiger partial charge in [0.15, 0.2) is 0 Å². The van der Waals surface area contributed by atoms with E-state index in [1.807, 2.05) is 6.07 Å². The third-order valence-corrected chi connectivity index (χ3v) is 4.87. The van der Waals surface area contributed by atoms with E-state index < -0.39 is 0 Å². The van der Waals surface area contributed by atoms with Crippen LogP contribution in [0, 0.1) is 0 Å². The molecule has 0 amide bonds. The number of alkyl halides is 1. The molecule has 1 saturated heterocycles. The maximum absolute atomic E-state index is 6.26. The number of benzene rings is 1. The Balaban J connectivity index is 1.67. The summed E-state index contributed by atoms with van der Waals surface area (Å²) in [6.45, 7) is 7.51. The first-order chi connectivity index (χ1) is 10.3. The molecule has 0 unspecified atom stereocenters. The van der Waals surface area contributed by atoms with E-state index in [0.29, 0.717) is 0 Å². The van der Waals surface area contributed by atoms with Gasteiger partial charge in [-0.25, -0.2) is 0 Å². The lowest BCUT2D eigenvalue weighted by atomic mass is 10.1. The summed E-state index contributed by atoms with van der Waals surface area (Å²) >= 11 is 9.79. The van der Waals surface area contributed by atoms with Crippen molar-refractivity contribution >= 4 is 27.5 Å². The van der Waals surface area contributed by atoms with Crippen molar-refractivity contribution in [1.82, 2.24) is 9.80 Å². The Morgan fingerprint density at radius 1 is 1.14 bits per heavy atom. The Hall–Kier alpha value is -0.290. The van der Waals surface area contributed by atoms with Crippen LogP contribution in [0.3, 0.4) is 0 Å². The molecule has 116 valence electrons. The number of hydrogen-bond acceptors (Lipinski definition) is 3. The van der Waals surface area contributed by atoms with Gasteiger partial charge in [-0.2, -0.15) is 0 Å². The molecule has 21 heavy (non-hydrogen) atoms.